The van der Waals surface area contributed by atoms with Crippen molar-refractivity contribution in [1.29, 1.82) is 0 Å². The highest BCUT2D eigenvalue weighted by molar-refractivity contribution is 7.12. The first-order chi connectivity index (χ1) is 6.43. The van der Waals surface area contributed by atoms with Crippen LogP contribution in [0.15, 0.2) is 0 Å². The Kier molecular flexibility index (Phi) is 3.26. The molecule has 1 rings (SSSR count). The predicted octanol–water partition coefficient (Wildman–Crippen LogP) is 3.09. The molecular weight excluding hydrogens is 198 g/mol. The summed E-state index contributed by atoms with van der Waals surface area (Å²) < 4.78 is 0. The van der Waals surface area contributed by atoms with Gasteiger partial charge >= 0.3 is 5.97 Å². The Hall–Kier alpha value is -0.900. The summed E-state index contributed by atoms with van der Waals surface area (Å²) in [4.78, 5) is 15.9. The van der Waals surface area contributed by atoms with E-state index in [2.05, 4.69) is 4.98 Å². The first kappa shape index (κ1) is 11.2. The maximum Gasteiger partial charge on any atom is 0.355 e. The summed E-state index contributed by atoms with van der Waals surface area (Å²) in [6.45, 7) is 8.03. The second kappa shape index (κ2) is 4.09. The monoisotopic (exact) mass is 213 g/mol. The van der Waals surface area contributed by atoms with Crippen LogP contribution in [0.4, 0.5) is 0 Å². The number of nitrogens with zero attached hydrogens (tertiary/aromatic N) is 1. The highest BCUT2D eigenvalue weighted by atomic mass is 32.1. The van der Waals surface area contributed by atoms with Gasteiger partial charge in [0.1, 0.15) is 0 Å². The molecule has 0 unspecified atom stereocenters. The third-order valence-corrected chi connectivity index (χ3v) is 3.55. The van der Waals surface area contributed by atoms with Gasteiger partial charge in [-0.15, -0.1) is 11.3 Å². The minimum atomic E-state index is -0.920. The van der Waals surface area contributed by atoms with Crippen molar-refractivity contribution < 1.29 is 9.90 Å². The van der Waals surface area contributed by atoms with Crippen molar-refractivity contribution in [3.63, 3.8) is 0 Å². The van der Waals surface area contributed by atoms with Crippen LogP contribution in [0, 0.1) is 0 Å². The van der Waals surface area contributed by atoms with E-state index in [1.54, 1.807) is 0 Å². The second-order valence-corrected chi connectivity index (χ2v) is 4.94. The van der Waals surface area contributed by atoms with E-state index in [0.717, 1.165) is 9.88 Å². The minimum Gasteiger partial charge on any atom is -0.476 e. The summed E-state index contributed by atoms with van der Waals surface area (Å²) in [6, 6.07) is 0. The third-order valence-electron chi connectivity index (χ3n) is 1.89. The third kappa shape index (κ3) is 2.12. The van der Waals surface area contributed by atoms with Crippen molar-refractivity contribution in [3.05, 3.63) is 15.6 Å². The fourth-order valence-electron chi connectivity index (χ4n) is 1.14. The summed E-state index contributed by atoms with van der Waals surface area (Å²) in [5, 5.41) is 9.86. The lowest BCUT2D eigenvalue weighted by Gasteiger charge is -2.00. The van der Waals surface area contributed by atoms with Gasteiger partial charge in [-0.05, 0) is 5.92 Å². The van der Waals surface area contributed by atoms with E-state index >= 15 is 0 Å². The van der Waals surface area contributed by atoms with Crippen LogP contribution in [0.1, 0.15) is 59.9 Å². The Balaban J connectivity index is 3.19. The normalized spacial score (nSPS) is 11.3. The Morgan fingerprint density at radius 3 is 2.14 bits per heavy atom. The number of hydrogen-bond donors (Lipinski definition) is 1. The zero-order valence-electron chi connectivity index (χ0n) is 8.87. The van der Waals surface area contributed by atoms with Crippen LogP contribution >= 0.6 is 11.3 Å². The molecule has 1 heterocycles. The van der Waals surface area contributed by atoms with Gasteiger partial charge in [0.25, 0.3) is 0 Å². The van der Waals surface area contributed by atoms with Crippen LogP contribution in [0.2, 0.25) is 0 Å². The largest absolute Gasteiger partial charge is 0.476 e. The molecule has 1 aromatic rings. The average Bonchev–Trinajstić information content (AvgIpc) is 2.47. The number of rotatable bonds is 3. The van der Waals surface area contributed by atoms with Crippen molar-refractivity contribution in [1.82, 2.24) is 4.98 Å². The Labute approximate surface area is 87.8 Å². The zero-order valence-corrected chi connectivity index (χ0v) is 9.68. The standard InChI is InChI=1S/C10H15NO2S/c1-5(2)8-7(10(12)13)11-9(14-8)6(3)4/h5-6H,1-4H3,(H,12,13). The van der Waals surface area contributed by atoms with Crippen LogP contribution in [0.3, 0.4) is 0 Å². The molecule has 0 aromatic carbocycles. The smallest absolute Gasteiger partial charge is 0.355 e. The molecule has 0 spiro atoms. The van der Waals surface area contributed by atoms with Crippen LogP contribution in [0.5, 0.6) is 0 Å². The van der Waals surface area contributed by atoms with E-state index in [1.807, 2.05) is 27.7 Å². The maximum atomic E-state index is 10.9. The number of carbonyl (C=O) groups is 1. The van der Waals surface area contributed by atoms with Crippen LogP contribution in [-0.4, -0.2) is 16.1 Å². The van der Waals surface area contributed by atoms with Gasteiger partial charge in [-0.3, -0.25) is 0 Å². The fraction of sp³-hybridized carbons (Fsp3) is 0.600. The molecule has 3 nitrogen and oxygen atoms in total. The average molecular weight is 213 g/mol. The van der Waals surface area contributed by atoms with Gasteiger partial charge in [0, 0.05) is 10.8 Å². The molecule has 0 bridgehead atoms. The minimum absolute atomic E-state index is 0.228. The number of aromatic nitrogens is 1. The zero-order chi connectivity index (χ0) is 10.9. The summed E-state index contributed by atoms with van der Waals surface area (Å²) in [6.07, 6.45) is 0. The second-order valence-electron chi connectivity index (χ2n) is 3.88. The Bertz CT molecular complexity index is 342. The van der Waals surface area contributed by atoms with Crippen molar-refractivity contribution in [2.24, 2.45) is 0 Å². The summed E-state index contributed by atoms with van der Waals surface area (Å²) in [5.41, 5.74) is 0.230. The molecule has 1 N–H and O–H groups in total. The lowest BCUT2D eigenvalue weighted by molar-refractivity contribution is 0.0689. The molecule has 0 aliphatic heterocycles. The molecule has 0 aliphatic rings. The molecule has 0 amide bonds. The molecule has 0 saturated carbocycles. The molecule has 0 aliphatic carbocycles. The van der Waals surface area contributed by atoms with Gasteiger partial charge in [-0.25, -0.2) is 9.78 Å². The first-order valence-corrected chi connectivity index (χ1v) is 5.49. The molecule has 4 heteroatoms. The van der Waals surface area contributed by atoms with Gasteiger partial charge in [0.05, 0.1) is 5.01 Å². The lowest BCUT2D eigenvalue weighted by Crippen LogP contribution is -2.02. The first-order valence-electron chi connectivity index (χ1n) is 4.67. The van der Waals surface area contributed by atoms with Crippen LogP contribution < -0.4 is 0 Å². The summed E-state index contributed by atoms with van der Waals surface area (Å²) in [7, 11) is 0. The van der Waals surface area contributed by atoms with Gasteiger partial charge in [0.15, 0.2) is 5.69 Å². The Morgan fingerprint density at radius 1 is 1.29 bits per heavy atom. The molecule has 0 fully saturated rings. The van der Waals surface area contributed by atoms with Crippen molar-refractivity contribution in [3.8, 4) is 0 Å². The van der Waals surface area contributed by atoms with Crippen LogP contribution in [0.25, 0.3) is 0 Å². The molecule has 1 aromatic heterocycles. The summed E-state index contributed by atoms with van der Waals surface area (Å²) >= 11 is 1.51. The maximum absolute atomic E-state index is 10.9. The van der Waals surface area contributed by atoms with Crippen molar-refractivity contribution in [2.75, 3.05) is 0 Å². The Morgan fingerprint density at radius 2 is 1.86 bits per heavy atom. The molecule has 14 heavy (non-hydrogen) atoms. The quantitative estimate of drug-likeness (QED) is 0.839. The number of hydrogen-bond acceptors (Lipinski definition) is 3. The van der Waals surface area contributed by atoms with Gasteiger partial charge in [-0.1, -0.05) is 27.7 Å². The number of carboxylic acid groups (broad SMARTS) is 1. The highest BCUT2D eigenvalue weighted by Gasteiger charge is 2.20. The molecule has 78 valence electrons. The van der Waals surface area contributed by atoms with Crippen molar-refractivity contribution in [2.45, 2.75) is 39.5 Å². The van der Waals surface area contributed by atoms with Gasteiger partial charge in [0.2, 0.25) is 0 Å². The fourth-order valence-corrected chi connectivity index (χ4v) is 2.20. The van der Waals surface area contributed by atoms with Crippen LogP contribution in [-0.2, 0) is 0 Å². The van der Waals surface area contributed by atoms with Gasteiger partial charge < -0.3 is 5.11 Å². The van der Waals surface area contributed by atoms with E-state index in [-0.39, 0.29) is 11.6 Å². The molecular formula is C10H15NO2S. The van der Waals surface area contributed by atoms with E-state index in [1.165, 1.54) is 11.3 Å². The predicted molar refractivity (Wildman–Crippen MR) is 57.3 cm³/mol. The number of carboxylic acids is 1. The SMILES string of the molecule is CC(C)c1nc(C(=O)O)c(C(C)C)s1. The van der Waals surface area contributed by atoms with E-state index in [4.69, 9.17) is 5.11 Å². The molecule has 0 atom stereocenters. The molecule has 0 radical (unpaired) electrons. The summed E-state index contributed by atoms with van der Waals surface area (Å²) in [5.74, 6) is -0.395. The van der Waals surface area contributed by atoms with E-state index < -0.39 is 5.97 Å². The topological polar surface area (TPSA) is 50.2 Å². The number of aromatic carboxylic acids is 1. The highest BCUT2D eigenvalue weighted by Crippen LogP contribution is 2.30. The molecule has 0 saturated heterocycles. The van der Waals surface area contributed by atoms with Gasteiger partial charge in [-0.2, -0.15) is 0 Å². The van der Waals surface area contributed by atoms with Crippen molar-refractivity contribution >= 4 is 17.3 Å². The number of thiazole rings is 1. The lowest BCUT2D eigenvalue weighted by atomic mass is 10.1. The van der Waals surface area contributed by atoms with E-state index in [0.29, 0.717) is 5.92 Å². The van der Waals surface area contributed by atoms with E-state index in [9.17, 15) is 4.79 Å².